The molecule has 0 spiro atoms. The van der Waals surface area contributed by atoms with Gasteiger partial charge in [-0.25, -0.2) is 4.98 Å². The Morgan fingerprint density at radius 1 is 1.00 bits per heavy atom. The maximum atomic E-state index is 9.47. The zero-order valence-electron chi connectivity index (χ0n) is 16.8. The van der Waals surface area contributed by atoms with Crippen LogP contribution in [0.2, 0.25) is 0 Å². The number of anilines is 1. The molecule has 4 rings (SSSR count). The standard InChI is InChI=1S/C22H22N6O/c1-13(2)25-18-7-5-15(9-17(18)11-23)21-26-27-22(29-21)16-6-8-19-20(10-16)28(12-24-19)14(3)4/h5-10,12-14,25H,1-4H3. The van der Waals surface area contributed by atoms with Crippen molar-refractivity contribution in [2.75, 3.05) is 5.32 Å². The highest BCUT2D eigenvalue weighted by Gasteiger charge is 2.15. The first kappa shape index (κ1) is 18.7. The van der Waals surface area contributed by atoms with Gasteiger partial charge in [-0.2, -0.15) is 5.26 Å². The highest BCUT2D eigenvalue weighted by molar-refractivity contribution is 5.80. The Kier molecular flexibility index (Phi) is 4.77. The lowest BCUT2D eigenvalue weighted by Crippen LogP contribution is -2.10. The van der Waals surface area contributed by atoms with E-state index in [2.05, 4.69) is 45.0 Å². The Bertz CT molecular complexity index is 1210. The first-order valence-corrected chi connectivity index (χ1v) is 9.58. The number of nitriles is 1. The van der Waals surface area contributed by atoms with Gasteiger partial charge in [-0.1, -0.05) is 0 Å². The fourth-order valence-corrected chi connectivity index (χ4v) is 3.23. The molecule has 0 amide bonds. The van der Waals surface area contributed by atoms with Crippen molar-refractivity contribution in [3.8, 4) is 29.0 Å². The second-order valence-electron chi connectivity index (χ2n) is 7.53. The number of imidazole rings is 1. The number of fused-ring (bicyclic) bond motifs is 1. The first-order chi connectivity index (χ1) is 14.0. The molecule has 1 N–H and O–H groups in total. The van der Waals surface area contributed by atoms with Gasteiger partial charge in [0.2, 0.25) is 11.8 Å². The minimum atomic E-state index is 0.233. The van der Waals surface area contributed by atoms with E-state index in [-0.39, 0.29) is 6.04 Å². The minimum absolute atomic E-state index is 0.233. The van der Waals surface area contributed by atoms with Gasteiger partial charge in [0, 0.05) is 23.2 Å². The SMILES string of the molecule is CC(C)Nc1ccc(-c2nnc(-c3ccc4ncn(C(C)C)c4c3)o2)cc1C#N. The summed E-state index contributed by atoms with van der Waals surface area (Å²) in [5.41, 5.74) is 4.82. The molecule has 2 aromatic carbocycles. The van der Waals surface area contributed by atoms with Crippen LogP contribution in [0.25, 0.3) is 33.9 Å². The lowest BCUT2D eigenvalue weighted by molar-refractivity contribution is 0.584. The zero-order chi connectivity index (χ0) is 20.5. The van der Waals surface area contributed by atoms with Crippen LogP contribution in [0, 0.1) is 11.3 Å². The van der Waals surface area contributed by atoms with Crippen LogP contribution in [0.3, 0.4) is 0 Å². The van der Waals surface area contributed by atoms with Gasteiger partial charge in [0.25, 0.3) is 0 Å². The fourth-order valence-electron chi connectivity index (χ4n) is 3.23. The Labute approximate surface area is 169 Å². The average Bonchev–Trinajstić information content (AvgIpc) is 3.34. The van der Waals surface area contributed by atoms with Crippen LogP contribution in [0.15, 0.2) is 47.1 Å². The summed E-state index contributed by atoms with van der Waals surface area (Å²) in [5.74, 6) is 0.811. The average molecular weight is 386 g/mol. The molecule has 0 bridgehead atoms. The molecule has 0 saturated carbocycles. The van der Waals surface area contributed by atoms with Crippen LogP contribution in [0.1, 0.15) is 39.3 Å². The number of nitrogens with zero attached hydrogens (tertiary/aromatic N) is 5. The normalized spacial score (nSPS) is 11.3. The predicted molar refractivity (Wildman–Crippen MR) is 112 cm³/mol. The van der Waals surface area contributed by atoms with Crippen LogP contribution in [0.5, 0.6) is 0 Å². The number of nitrogens with one attached hydrogen (secondary N) is 1. The van der Waals surface area contributed by atoms with E-state index >= 15 is 0 Å². The smallest absolute Gasteiger partial charge is 0.248 e. The van der Waals surface area contributed by atoms with Gasteiger partial charge < -0.3 is 14.3 Å². The second kappa shape index (κ2) is 7.40. The zero-order valence-corrected chi connectivity index (χ0v) is 16.8. The van der Waals surface area contributed by atoms with Crippen LogP contribution in [-0.4, -0.2) is 25.8 Å². The highest BCUT2D eigenvalue weighted by Crippen LogP contribution is 2.29. The number of hydrogen-bond acceptors (Lipinski definition) is 6. The monoisotopic (exact) mass is 386 g/mol. The summed E-state index contributed by atoms with van der Waals surface area (Å²) in [6.07, 6.45) is 1.84. The summed E-state index contributed by atoms with van der Waals surface area (Å²) >= 11 is 0. The predicted octanol–water partition coefficient (Wildman–Crippen LogP) is 5.03. The van der Waals surface area contributed by atoms with E-state index in [0.717, 1.165) is 22.3 Å². The van der Waals surface area contributed by atoms with E-state index in [1.807, 2.05) is 50.5 Å². The lowest BCUT2D eigenvalue weighted by Gasteiger charge is -2.11. The van der Waals surface area contributed by atoms with E-state index in [4.69, 9.17) is 4.42 Å². The molecule has 2 aromatic heterocycles. The minimum Gasteiger partial charge on any atom is -0.416 e. The summed E-state index contributed by atoms with van der Waals surface area (Å²) in [5, 5.41) is 21.1. The molecule has 0 saturated heterocycles. The summed E-state index contributed by atoms with van der Waals surface area (Å²) in [6, 6.07) is 14.1. The summed E-state index contributed by atoms with van der Waals surface area (Å²) in [4.78, 5) is 4.43. The number of aromatic nitrogens is 4. The quantitative estimate of drug-likeness (QED) is 0.517. The lowest BCUT2D eigenvalue weighted by atomic mass is 10.1. The second-order valence-corrected chi connectivity index (χ2v) is 7.53. The van der Waals surface area contributed by atoms with Gasteiger partial charge in [-0.15, -0.1) is 10.2 Å². The largest absolute Gasteiger partial charge is 0.416 e. The van der Waals surface area contributed by atoms with E-state index in [1.54, 1.807) is 6.07 Å². The van der Waals surface area contributed by atoms with Crippen LogP contribution in [0.4, 0.5) is 5.69 Å². The van der Waals surface area contributed by atoms with E-state index in [0.29, 0.717) is 29.0 Å². The summed E-state index contributed by atoms with van der Waals surface area (Å²) < 4.78 is 8.03. The maximum Gasteiger partial charge on any atom is 0.248 e. The maximum absolute atomic E-state index is 9.47. The Balaban J connectivity index is 1.69. The van der Waals surface area contributed by atoms with Gasteiger partial charge in [0.1, 0.15) is 6.07 Å². The first-order valence-electron chi connectivity index (χ1n) is 9.58. The molecule has 7 nitrogen and oxygen atoms in total. The van der Waals surface area contributed by atoms with Crippen molar-refractivity contribution >= 4 is 16.7 Å². The Morgan fingerprint density at radius 2 is 1.69 bits per heavy atom. The molecule has 2 heterocycles. The Morgan fingerprint density at radius 3 is 2.34 bits per heavy atom. The molecular weight excluding hydrogens is 364 g/mol. The van der Waals surface area contributed by atoms with Crippen molar-refractivity contribution < 1.29 is 4.42 Å². The Hall–Kier alpha value is -3.66. The molecular formula is C22H22N6O. The van der Waals surface area contributed by atoms with Crippen LogP contribution < -0.4 is 5.32 Å². The van der Waals surface area contributed by atoms with Gasteiger partial charge >= 0.3 is 0 Å². The molecule has 146 valence electrons. The number of benzene rings is 2. The molecule has 4 aromatic rings. The summed E-state index contributed by atoms with van der Waals surface area (Å²) in [7, 11) is 0. The molecule has 0 fully saturated rings. The van der Waals surface area contributed by atoms with Crippen molar-refractivity contribution in [3.05, 3.63) is 48.3 Å². The molecule has 0 aliphatic rings. The van der Waals surface area contributed by atoms with Gasteiger partial charge in [-0.05, 0) is 64.1 Å². The van der Waals surface area contributed by atoms with E-state index < -0.39 is 0 Å². The molecule has 7 heteroatoms. The third-order valence-corrected chi connectivity index (χ3v) is 4.63. The van der Waals surface area contributed by atoms with Gasteiger partial charge in [0.05, 0.1) is 28.6 Å². The molecule has 0 aliphatic carbocycles. The third-order valence-electron chi connectivity index (χ3n) is 4.63. The molecule has 0 aliphatic heterocycles. The van der Waals surface area contributed by atoms with Crippen molar-refractivity contribution in [1.82, 2.24) is 19.7 Å². The van der Waals surface area contributed by atoms with Crippen LogP contribution >= 0.6 is 0 Å². The molecule has 29 heavy (non-hydrogen) atoms. The van der Waals surface area contributed by atoms with Crippen molar-refractivity contribution in [1.29, 1.82) is 5.26 Å². The van der Waals surface area contributed by atoms with E-state index in [9.17, 15) is 5.26 Å². The molecule has 0 atom stereocenters. The van der Waals surface area contributed by atoms with Crippen molar-refractivity contribution in [3.63, 3.8) is 0 Å². The third kappa shape index (κ3) is 3.57. The van der Waals surface area contributed by atoms with Crippen molar-refractivity contribution in [2.24, 2.45) is 0 Å². The highest BCUT2D eigenvalue weighted by atomic mass is 16.4. The van der Waals surface area contributed by atoms with E-state index in [1.165, 1.54) is 0 Å². The number of hydrogen-bond donors (Lipinski definition) is 1. The topological polar surface area (TPSA) is 92.6 Å². The van der Waals surface area contributed by atoms with Crippen molar-refractivity contribution in [2.45, 2.75) is 39.8 Å². The van der Waals surface area contributed by atoms with Gasteiger partial charge in [-0.3, -0.25) is 0 Å². The summed E-state index contributed by atoms with van der Waals surface area (Å²) in [6.45, 7) is 8.29. The molecule has 0 radical (unpaired) electrons. The van der Waals surface area contributed by atoms with Crippen LogP contribution in [-0.2, 0) is 0 Å². The number of rotatable bonds is 5. The molecule has 0 unspecified atom stereocenters. The van der Waals surface area contributed by atoms with Gasteiger partial charge in [0.15, 0.2) is 0 Å². The fraction of sp³-hybridized carbons (Fsp3) is 0.273.